The SMILES string of the molecule is COC(=O)CN(Cc1ccc(F)c(F)c1)c1ccc(C#N)nn1. The molecule has 0 saturated heterocycles. The van der Waals surface area contributed by atoms with Crippen LogP contribution in [0.3, 0.4) is 0 Å². The van der Waals surface area contributed by atoms with Gasteiger partial charge in [-0.1, -0.05) is 6.07 Å². The van der Waals surface area contributed by atoms with E-state index in [-0.39, 0.29) is 18.8 Å². The fourth-order valence-electron chi connectivity index (χ4n) is 1.85. The summed E-state index contributed by atoms with van der Waals surface area (Å²) in [5.41, 5.74) is 0.568. The van der Waals surface area contributed by atoms with Crippen molar-refractivity contribution in [3.63, 3.8) is 0 Å². The van der Waals surface area contributed by atoms with Gasteiger partial charge in [-0.2, -0.15) is 5.26 Å². The average molecular weight is 318 g/mol. The number of anilines is 1. The third kappa shape index (κ3) is 4.20. The Labute approximate surface area is 130 Å². The largest absolute Gasteiger partial charge is 0.468 e. The lowest BCUT2D eigenvalue weighted by molar-refractivity contribution is -0.139. The molecule has 0 aliphatic carbocycles. The minimum atomic E-state index is -0.980. The molecule has 0 amide bonds. The number of carbonyl (C=O) groups excluding carboxylic acids is 1. The molecule has 0 unspecified atom stereocenters. The van der Waals surface area contributed by atoms with Gasteiger partial charge in [0.2, 0.25) is 0 Å². The molecule has 2 aromatic rings. The van der Waals surface area contributed by atoms with Gasteiger partial charge in [0.15, 0.2) is 23.1 Å². The Morgan fingerprint density at radius 1 is 1.26 bits per heavy atom. The Bertz CT molecular complexity index is 744. The first kappa shape index (κ1) is 16.3. The van der Waals surface area contributed by atoms with E-state index < -0.39 is 17.6 Å². The highest BCUT2D eigenvalue weighted by Gasteiger charge is 2.15. The first-order chi connectivity index (χ1) is 11.0. The molecule has 0 radical (unpaired) electrons. The fourth-order valence-corrected chi connectivity index (χ4v) is 1.85. The highest BCUT2D eigenvalue weighted by atomic mass is 19.2. The molecular formula is C15H12F2N4O2. The van der Waals surface area contributed by atoms with Crippen LogP contribution in [0.5, 0.6) is 0 Å². The maximum atomic E-state index is 13.3. The van der Waals surface area contributed by atoms with Crippen LogP contribution in [0.15, 0.2) is 30.3 Å². The molecule has 0 aliphatic heterocycles. The molecule has 2 rings (SSSR count). The molecule has 0 N–H and O–H groups in total. The molecule has 0 atom stereocenters. The van der Waals surface area contributed by atoms with E-state index in [2.05, 4.69) is 14.9 Å². The van der Waals surface area contributed by atoms with Gasteiger partial charge in [-0.25, -0.2) is 8.78 Å². The molecule has 8 heteroatoms. The number of esters is 1. The van der Waals surface area contributed by atoms with Gasteiger partial charge in [0.05, 0.1) is 7.11 Å². The van der Waals surface area contributed by atoms with E-state index in [9.17, 15) is 13.6 Å². The third-order valence-corrected chi connectivity index (χ3v) is 2.99. The van der Waals surface area contributed by atoms with Gasteiger partial charge in [-0.3, -0.25) is 4.79 Å². The lowest BCUT2D eigenvalue weighted by Crippen LogP contribution is -2.31. The second-order valence-electron chi connectivity index (χ2n) is 4.57. The molecule has 1 aromatic carbocycles. The summed E-state index contributed by atoms with van der Waals surface area (Å²) in [6.45, 7) is -0.0665. The first-order valence-corrected chi connectivity index (χ1v) is 6.53. The van der Waals surface area contributed by atoms with E-state index in [4.69, 9.17) is 5.26 Å². The minimum Gasteiger partial charge on any atom is -0.468 e. The zero-order chi connectivity index (χ0) is 16.8. The Balaban J connectivity index is 2.27. The fraction of sp³-hybridized carbons (Fsp3) is 0.200. The number of carbonyl (C=O) groups is 1. The number of halogens is 2. The normalized spacial score (nSPS) is 10.0. The standard InChI is InChI=1S/C15H12F2N4O2/c1-23-15(22)9-21(14-5-3-11(7-18)19-20-14)8-10-2-4-12(16)13(17)6-10/h2-6H,8-9H2,1H3. The van der Waals surface area contributed by atoms with Crippen molar-refractivity contribution >= 4 is 11.8 Å². The Kier molecular flexibility index (Phi) is 5.15. The molecule has 1 aromatic heterocycles. The van der Waals surface area contributed by atoms with Gasteiger partial charge in [0.1, 0.15) is 12.6 Å². The van der Waals surface area contributed by atoms with Crippen molar-refractivity contribution in [3.05, 3.63) is 53.2 Å². The molecule has 0 fully saturated rings. The van der Waals surface area contributed by atoms with E-state index in [0.29, 0.717) is 11.4 Å². The highest BCUT2D eigenvalue weighted by molar-refractivity contribution is 5.75. The number of ether oxygens (including phenoxy) is 1. The number of benzene rings is 1. The summed E-state index contributed by atoms with van der Waals surface area (Å²) >= 11 is 0. The van der Waals surface area contributed by atoms with Crippen LogP contribution in [0.1, 0.15) is 11.3 Å². The Morgan fingerprint density at radius 2 is 2.04 bits per heavy atom. The van der Waals surface area contributed by atoms with Crippen molar-refractivity contribution < 1.29 is 18.3 Å². The minimum absolute atomic E-state index is 0.0902. The molecular weight excluding hydrogens is 306 g/mol. The summed E-state index contributed by atoms with van der Waals surface area (Å²) in [7, 11) is 1.24. The third-order valence-electron chi connectivity index (χ3n) is 2.99. The van der Waals surface area contributed by atoms with Crippen LogP contribution >= 0.6 is 0 Å². The van der Waals surface area contributed by atoms with E-state index in [1.165, 1.54) is 30.2 Å². The highest BCUT2D eigenvalue weighted by Crippen LogP contribution is 2.16. The van der Waals surface area contributed by atoms with E-state index in [0.717, 1.165) is 12.1 Å². The van der Waals surface area contributed by atoms with Gasteiger partial charge in [0.25, 0.3) is 0 Å². The number of aromatic nitrogens is 2. The predicted octanol–water partition coefficient (Wildman–Crippen LogP) is 1.81. The zero-order valence-electron chi connectivity index (χ0n) is 12.2. The molecule has 0 bridgehead atoms. The summed E-state index contributed by atoms with van der Waals surface area (Å²) in [4.78, 5) is 13.0. The average Bonchev–Trinajstić information content (AvgIpc) is 2.57. The van der Waals surface area contributed by atoms with Gasteiger partial charge < -0.3 is 9.64 Å². The second kappa shape index (κ2) is 7.26. The summed E-state index contributed by atoms with van der Waals surface area (Å²) in [6, 6.07) is 8.23. The van der Waals surface area contributed by atoms with Crippen LogP contribution in [0.2, 0.25) is 0 Å². The van der Waals surface area contributed by atoms with Crippen LogP contribution in [0.4, 0.5) is 14.6 Å². The predicted molar refractivity (Wildman–Crippen MR) is 76.2 cm³/mol. The van der Waals surface area contributed by atoms with Crippen molar-refractivity contribution in [2.75, 3.05) is 18.6 Å². The molecule has 0 aliphatic rings. The van der Waals surface area contributed by atoms with E-state index in [1.54, 1.807) is 0 Å². The molecule has 118 valence electrons. The maximum Gasteiger partial charge on any atom is 0.325 e. The van der Waals surface area contributed by atoms with Crippen LogP contribution in [-0.4, -0.2) is 29.8 Å². The quantitative estimate of drug-likeness (QED) is 0.782. The van der Waals surface area contributed by atoms with E-state index in [1.807, 2.05) is 6.07 Å². The number of methoxy groups -OCH3 is 1. The zero-order valence-corrected chi connectivity index (χ0v) is 12.2. The lowest BCUT2D eigenvalue weighted by atomic mass is 10.2. The first-order valence-electron chi connectivity index (χ1n) is 6.53. The topological polar surface area (TPSA) is 79.1 Å². The van der Waals surface area contributed by atoms with Crippen LogP contribution in [0, 0.1) is 23.0 Å². The molecule has 0 spiro atoms. The Morgan fingerprint density at radius 3 is 2.61 bits per heavy atom. The lowest BCUT2D eigenvalue weighted by Gasteiger charge is -2.22. The number of hydrogen-bond donors (Lipinski definition) is 0. The second-order valence-corrected chi connectivity index (χ2v) is 4.57. The van der Waals surface area contributed by atoms with Gasteiger partial charge in [-0.15, -0.1) is 10.2 Å². The Hall–Kier alpha value is -3.08. The van der Waals surface area contributed by atoms with Crippen molar-refractivity contribution in [1.29, 1.82) is 5.26 Å². The molecule has 1 heterocycles. The monoisotopic (exact) mass is 318 g/mol. The summed E-state index contributed by atoms with van der Waals surface area (Å²) < 4.78 is 30.9. The maximum absolute atomic E-state index is 13.3. The van der Waals surface area contributed by atoms with Crippen LogP contribution in [-0.2, 0) is 16.1 Å². The van der Waals surface area contributed by atoms with Crippen LogP contribution < -0.4 is 4.90 Å². The van der Waals surface area contributed by atoms with Crippen LogP contribution in [0.25, 0.3) is 0 Å². The number of hydrogen-bond acceptors (Lipinski definition) is 6. The molecule has 0 saturated carbocycles. The number of nitriles is 1. The molecule has 6 nitrogen and oxygen atoms in total. The van der Waals surface area contributed by atoms with Gasteiger partial charge in [0, 0.05) is 6.54 Å². The number of rotatable bonds is 5. The van der Waals surface area contributed by atoms with Crippen molar-refractivity contribution in [1.82, 2.24) is 10.2 Å². The van der Waals surface area contributed by atoms with E-state index >= 15 is 0 Å². The summed E-state index contributed by atoms with van der Waals surface area (Å²) in [5.74, 6) is -2.16. The van der Waals surface area contributed by atoms with Gasteiger partial charge >= 0.3 is 5.97 Å². The number of nitrogens with zero attached hydrogens (tertiary/aromatic N) is 4. The smallest absolute Gasteiger partial charge is 0.325 e. The van der Waals surface area contributed by atoms with Crippen molar-refractivity contribution in [3.8, 4) is 6.07 Å². The molecule has 23 heavy (non-hydrogen) atoms. The van der Waals surface area contributed by atoms with Gasteiger partial charge in [-0.05, 0) is 29.8 Å². The summed E-state index contributed by atoms with van der Waals surface area (Å²) in [6.07, 6.45) is 0. The van der Waals surface area contributed by atoms with Crippen molar-refractivity contribution in [2.24, 2.45) is 0 Å². The van der Waals surface area contributed by atoms with Crippen molar-refractivity contribution in [2.45, 2.75) is 6.54 Å². The summed E-state index contributed by atoms with van der Waals surface area (Å²) in [5, 5.41) is 16.3.